The van der Waals surface area contributed by atoms with E-state index in [9.17, 15) is 26.3 Å². The molecule has 1 saturated carbocycles. The molecule has 8 heteroatoms. The number of anilines is 2. The van der Waals surface area contributed by atoms with E-state index >= 15 is 0 Å². The summed E-state index contributed by atoms with van der Waals surface area (Å²) in [7, 11) is 0. The summed E-state index contributed by atoms with van der Waals surface area (Å²) in [5, 5.41) is 1.97. The van der Waals surface area contributed by atoms with Gasteiger partial charge in [0.1, 0.15) is 5.54 Å². The van der Waals surface area contributed by atoms with E-state index in [2.05, 4.69) is 0 Å². The Morgan fingerprint density at radius 3 is 2.05 bits per heavy atom. The lowest BCUT2D eigenvalue weighted by Crippen LogP contribution is -2.39. The highest BCUT2D eigenvalue weighted by Gasteiger charge is 2.63. The molecule has 0 spiro atoms. The Kier molecular flexibility index (Phi) is 2.87. The fourth-order valence-electron chi connectivity index (χ4n) is 1.77. The summed E-state index contributed by atoms with van der Waals surface area (Å²) in [6, 6.07) is 2.67. The zero-order valence-corrected chi connectivity index (χ0v) is 9.49. The number of nitrogens with one attached hydrogen (secondary N) is 1. The van der Waals surface area contributed by atoms with Crippen LogP contribution in [0.3, 0.4) is 0 Å². The summed E-state index contributed by atoms with van der Waals surface area (Å²) in [5.41, 5.74) is 1.04. The van der Waals surface area contributed by atoms with E-state index in [4.69, 9.17) is 5.73 Å². The van der Waals surface area contributed by atoms with E-state index in [1.807, 2.05) is 5.32 Å². The van der Waals surface area contributed by atoms with Gasteiger partial charge in [-0.05, 0) is 31.0 Å². The van der Waals surface area contributed by atoms with Crippen molar-refractivity contribution in [1.82, 2.24) is 0 Å². The summed E-state index contributed by atoms with van der Waals surface area (Å²) in [6.45, 7) is 0. The van der Waals surface area contributed by atoms with Gasteiger partial charge in [0.05, 0.1) is 5.56 Å². The molecular weight excluding hydrogens is 274 g/mol. The van der Waals surface area contributed by atoms with Crippen LogP contribution in [0.4, 0.5) is 37.7 Å². The molecule has 2 rings (SSSR count). The second-order valence-corrected chi connectivity index (χ2v) is 4.51. The van der Waals surface area contributed by atoms with Crippen molar-refractivity contribution in [2.75, 3.05) is 11.1 Å². The molecule has 2 nitrogen and oxygen atoms in total. The zero-order valence-electron chi connectivity index (χ0n) is 9.49. The van der Waals surface area contributed by atoms with Gasteiger partial charge in [-0.15, -0.1) is 0 Å². The first-order valence-corrected chi connectivity index (χ1v) is 5.37. The highest BCUT2D eigenvalue weighted by atomic mass is 19.4. The van der Waals surface area contributed by atoms with Crippen molar-refractivity contribution in [2.45, 2.75) is 30.7 Å². The van der Waals surface area contributed by atoms with Crippen LogP contribution in [0.5, 0.6) is 0 Å². The molecule has 0 aromatic heterocycles. The molecule has 0 heterocycles. The average molecular weight is 284 g/mol. The first kappa shape index (κ1) is 13.8. The maximum Gasteiger partial charge on any atom is 0.418 e. The van der Waals surface area contributed by atoms with Crippen LogP contribution >= 0.6 is 0 Å². The fraction of sp³-hybridized carbons (Fsp3) is 0.455. The number of halogens is 6. The van der Waals surface area contributed by atoms with Gasteiger partial charge in [0.25, 0.3) is 0 Å². The second kappa shape index (κ2) is 3.94. The van der Waals surface area contributed by atoms with Crippen molar-refractivity contribution in [3.8, 4) is 0 Å². The molecule has 1 aliphatic carbocycles. The molecule has 106 valence electrons. The summed E-state index contributed by atoms with van der Waals surface area (Å²) in [5.74, 6) is 0. The standard InChI is InChI=1S/C11H10F6N2/c12-10(13,14)7-5-6(18)1-2-8(7)19-9(3-4-9)11(15,16)17/h1-2,5,19H,3-4,18H2. The van der Waals surface area contributed by atoms with Gasteiger partial charge < -0.3 is 11.1 Å². The fourth-order valence-corrected chi connectivity index (χ4v) is 1.77. The van der Waals surface area contributed by atoms with E-state index in [0.29, 0.717) is 6.07 Å². The summed E-state index contributed by atoms with van der Waals surface area (Å²) >= 11 is 0. The van der Waals surface area contributed by atoms with E-state index in [-0.39, 0.29) is 18.5 Å². The minimum absolute atomic E-state index is 0.158. The first-order chi connectivity index (χ1) is 8.55. The van der Waals surface area contributed by atoms with Crippen LogP contribution in [0.15, 0.2) is 18.2 Å². The summed E-state index contributed by atoms with van der Waals surface area (Å²) in [4.78, 5) is 0. The minimum Gasteiger partial charge on any atom is -0.399 e. The third kappa shape index (κ3) is 2.57. The van der Waals surface area contributed by atoms with Crippen LogP contribution in [0.1, 0.15) is 18.4 Å². The molecular formula is C11H10F6N2. The molecule has 0 unspecified atom stereocenters. The van der Waals surface area contributed by atoms with Gasteiger partial charge in [0.2, 0.25) is 0 Å². The Hall–Kier alpha value is -1.60. The van der Waals surface area contributed by atoms with Crippen LogP contribution in [-0.2, 0) is 6.18 Å². The number of rotatable bonds is 2. The quantitative estimate of drug-likeness (QED) is 0.640. The first-order valence-electron chi connectivity index (χ1n) is 5.37. The molecule has 3 N–H and O–H groups in total. The molecule has 0 amide bonds. The number of nitrogen functional groups attached to an aromatic ring is 1. The molecule has 1 fully saturated rings. The van der Waals surface area contributed by atoms with Crippen molar-refractivity contribution in [1.29, 1.82) is 0 Å². The topological polar surface area (TPSA) is 38.0 Å². The van der Waals surface area contributed by atoms with Gasteiger partial charge in [-0.2, -0.15) is 26.3 Å². The second-order valence-electron chi connectivity index (χ2n) is 4.51. The molecule has 19 heavy (non-hydrogen) atoms. The van der Waals surface area contributed by atoms with Gasteiger partial charge in [-0.3, -0.25) is 0 Å². The van der Waals surface area contributed by atoms with E-state index in [1.165, 1.54) is 0 Å². The zero-order chi connectivity index (χ0) is 14.5. The third-order valence-corrected chi connectivity index (χ3v) is 3.02. The normalized spacial score (nSPS) is 18.2. The SMILES string of the molecule is Nc1ccc(NC2(C(F)(F)F)CC2)c(C(F)(F)F)c1. The van der Waals surface area contributed by atoms with Crippen molar-refractivity contribution < 1.29 is 26.3 Å². The number of hydrogen-bond acceptors (Lipinski definition) is 2. The van der Waals surface area contributed by atoms with E-state index in [1.54, 1.807) is 0 Å². The Balaban J connectivity index is 2.37. The maximum atomic E-state index is 12.7. The van der Waals surface area contributed by atoms with Crippen LogP contribution < -0.4 is 11.1 Å². The number of hydrogen-bond donors (Lipinski definition) is 2. The van der Waals surface area contributed by atoms with E-state index in [0.717, 1.165) is 12.1 Å². The Labute approximate surface area is 104 Å². The molecule has 1 aromatic carbocycles. The average Bonchev–Trinajstić information content (AvgIpc) is 2.99. The molecule has 1 aliphatic rings. The Bertz CT molecular complexity index is 487. The molecule has 0 radical (unpaired) electrons. The lowest BCUT2D eigenvalue weighted by Gasteiger charge is -2.24. The van der Waals surface area contributed by atoms with Crippen LogP contribution in [0.25, 0.3) is 0 Å². The minimum atomic E-state index is -4.76. The van der Waals surface area contributed by atoms with Gasteiger partial charge >= 0.3 is 12.4 Å². The van der Waals surface area contributed by atoms with Crippen molar-refractivity contribution in [3.05, 3.63) is 23.8 Å². The summed E-state index contributed by atoms with van der Waals surface area (Å²) < 4.78 is 76.4. The van der Waals surface area contributed by atoms with Crippen LogP contribution in [-0.4, -0.2) is 11.7 Å². The highest BCUT2D eigenvalue weighted by molar-refractivity contribution is 5.61. The van der Waals surface area contributed by atoms with Crippen LogP contribution in [0, 0.1) is 0 Å². The number of nitrogens with two attached hydrogens (primary N) is 1. The van der Waals surface area contributed by atoms with Gasteiger partial charge in [-0.1, -0.05) is 0 Å². The lowest BCUT2D eigenvalue weighted by molar-refractivity contribution is -0.152. The predicted octanol–water partition coefficient (Wildman–Crippen LogP) is 3.79. The van der Waals surface area contributed by atoms with Gasteiger partial charge in [0.15, 0.2) is 0 Å². The molecule has 0 atom stereocenters. The monoisotopic (exact) mass is 284 g/mol. The van der Waals surface area contributed by atoms with Crippen molar-refractivity contribution >= 4 is 11.4 Å². The van der Waals surface area contributed by atoms with Crippen molar-refractivity contribution in [3.63, 3.8) is 0 Å². The number of benzene rings is 1. The van der Waals surface area contributed by atoms with E-state index < -0.39 is 29.1 Å². The Morgan fingerprint density at radius 1 is 1.05 bits per heavy atom. The molecule has 0 aliphatic heterocycles. The lowest BCUT2D eigenvalue weighted by atomic mass is 10.1. The molecule has 0 bridgehead atoms. The smallest absolute Gasteiger partial charge is 0.399 e. The van der Waals surface area contributed by atoms with Gasteiger partial charge in [-0.25, -0.2) is 0 Å². The molecule has 1 aromatic rings. The van der Waals surface area contributed by atoms with Crippen LogP contribution in [0.2, 0.25) is 0 Å². The largest absolute Gasteiger partial charge is 0.418 e. The Morgan fingerprint density at radius 2 is 1.63 bits per heavy atom. The highest BCUT2D eigenvalue weighted by Crippen LogP contribution is 2.52. The molecule has 0 saturated heterocycles. The van der Waals surface area contributed by atoms with Crippen molar-refractivity contribution in [2.24, 2.45) is 0 Å². The predicted molar refractivity (Wildman–Crippen MR) is 57.5 cm³/mol. The third-order valence-electron chi connectivity index (χ3n) is 3.02. The summed E-state index contributed by atoms with van der Waals surface area (Å²) in [6.07, 6.45) is -9.83. The maximum absolute atomic E-state index is 12.7. The van der Waals surface area contributed by atoms with Gasteiger partial charge in [0, 0.05) is 11.4 Å². The number of alkyl halides is 6.